The third-order valence-corrected chi connectivity index (χ3v) is 8.63. The lowest BCUT2D eigenvalue weighted by molar-refractivity contribution is 0.00239. The predicted octanol–water partition coefficient (Wildman–Crippen LogP) is 7.84. The first-order chi connectivity index (χ1) is 20.9. The largest absolute Gasteiger partial charge is 0.496 e. The molecule has 43 heavy (non-hydrogen) atoms. The number of pyridine rings is 1. The van der Waals surface area contributed by atoms with Crippen LogP contribution in [-0.2, 0) is 17.8 Å². The number of allylic oxidation sites excluding steroid dienone is 1. The molecule has 7 heteroatoms. The van der Waals surface area contributed by atoms with Crippen molar-refractivity contribution in [1.82, 2.24) is 20.5 Å². The summed E-state index contributed by atoms with van der Waals surface area (Å²) in [5, 5.41) is 7.34. The van der Waals surface area contributed by atoms with E-state index >= 15 is 0 Å². The Labute approximate surface area is 258 Å². The van der Waals surface area contributed by atoms with E-state index in [1.807, 2.05) is 6.07 Å². The number of halogens is 1. The number of likely N-dealkylation sites (tertiary alicyclic amines) is 1. The summed E-state index contributed by atoms with van der Waals surface area (Å²) in [7, 11) is 1.70. The fourth-order valence-electron chi connectivity index (χ4n) is 6.00. The van der Waals surface area contributed by atoms with Gasteiger partial charge in [-0.25, -0.2) is 9.37 Å². The van der Waals surface area contributed by atoms with Crippen molar-refractivity contribution in [2.75, 3.05) is 20.2 Å². The smallest absolute Gasteiger partial charge is 0.123 e. The first-order valence-electron chi connectivity index (χ1n) is 15.9. The van der Waals surface area contributed by atoms with Crippen LogP contribution < -0.4 is 15.4 Å². The Kier molecular flexibility index (Phi) is 10.8. The van der Waals surface area contributed by atoms with Crippen molar-refractivity contribution in [3.63, 3.8) is 0 Å². The number of benzene rings is 2. The number of fused-ring (bicyclic) bond motifs is 1. The average Bonchev–Trinajstić information content (AvgIpc) is 3.04. The van der Waals surface area contributed by atoms with Crippen molar-refractivity contribution in [2.45, 2.75) is 90.8 Å². The number of nitrogens with one attached hydrogen (secondary N) is 2. The molecule has 0 aliphatic carbocycles. The molecule has 1 saturated heterocycles. The van der Waals surface area contributed by atoms with Crippen LogP contribution in [0.1, 0.15) is 89.3 Å². The topological polar surface area (TPSA) is 58.7 Å². The number of aromatic nitrogens is 1. The van der Waals surface area contributed by atoms with Crippen LogP contribution in [0.25, 0.3) is 17.3 Å². The maximum absolute atomic E-state index is 13.3. The van der Waals surface area contributed by atoms with Gasteiger partial charge in [0, 0.05) is 50.0 Å². The lowest BCUT2D eigenvalue weighted by atomic mass is 9.98. The van der Waals surface area contributed by atoms with E-state index in [4.69, 9.17) is 14.5 Å². The van der Waals surface area contributed by atoms with Gasteiger partial charge in [-0.1, -0.05) is 31.5 Å². The third kappa shape index (κ3) is 8.22. The first kappa shape index (κ1) is 31.2. The molecule has 3 heterocycles. The Morgan fingerprint density at radius 3 is 2.56 bits per heavy atom. The van der Waals surface area contributed by atoms with Crippen LogP contribution in [0.5, 0.6) is 5.75 Å². The molecule has 2 aliphatic rings. The van der Waals surface area contributed by atoms with Crippen LogP contribution in [0.15, 0.2) is 60.3 Å². The summed E-state index contributed by atoms with van der Waals surface area (Å²) < 4.78 is 25.1. The molecule has 3 atom stereocenters. The van der Waals surface area contributed by atoms with Crippen molar-refractivity contribution >= 4 is 6.08 Å². The standard InChI is InChI=1S/C36H47FN4O2.H2/c1-5-25(2)43-26(3)9-15-31-22-34-32(36(39-31)41-19-7-6-8-20-41)16-17-33(40-34)28-12-18-35(42-4)29(21-28)24-38-23-27-10-13-30(37)14-11-27;/h10-14,16-18,21-22,25-26,36,38-39H,5-9,15,19-20,23-24H2,1-4H3;1H/t25-,26+,36?;/m1./s1. The number of hydrogen-bond donors (Lipinski definition) is 2. The van der Waals surface area contributed by atoms with Gasteiger partial charge >= 0.3 is 0 Å². The highest BCUT2D eigenvalue weighted by molar-refractivity contribution is 5.66. The van der Waals surface area contributed by atoms with E-state index in [-0.39, 0.29) is 25.6 Å². The second-order valence-corrected chi connectivity index (χ2v) is 11.9. The molecule has 2 aromatic carbocycles. The monoisotopic (exact) mass is 588 g/mol. The zero-order chi connectivity index (χ0) is 30.2. The summed E-state index contributed by atoms with van der Waals surface area (Å²) in [5.74, 6) is 0.611. The summed E-state index contributed by atoms with van der Waals surface area (Å²) in [5.41, 5.74) is 7.62. The van der Waals surface area contributed by atoms with Gasteiger partial charge in [-0.3, -0.25) is 4.90 Å². The molecule has 0 spiro atoms. The average molecular weight is 589 g/mol. The Hall–Kier alpha value is -3.26. The van der Waals surface area contributed by atoms with Gasteiger partial charge in [-0.15, -0.1) is 0 Å². The fraction of sp³-hybridized carbons (Fsp3) is 0.472. The summed E-state index contributed by atoms with van der Waals surface area (Å²) in [6, 6.07) is 17.3. The molecular formula is C36H49FN4O2. The number of hydrogen-bond acceptors (Lipinski definition) is 6. The molecule has 1 fully saturated rings. The van der Waals surface area contributed by atoms with Gasteiger partial charge in [0.2, 0.25) is 0 Å². The Bertz CT molecular complexity index is 1380. The predicted molar refractivity (Wildman–Crippen MR) is 174 cm³/mol. The van der Waals surface area contributed by atoms with Gasteiger partial charge in [-0.2, -0.15) is 0 Å². The molecule has 2 N–H and O–H groups in total. The first-order valence-corrected chi connectivity index (χ1v) is 15.9. The molecule has 0 amide bonds. The summed E-state index contributed by atoms with van der Waals surface area (Å²) >= 11 is 0. The number of nitrogens with zero attached hydrogens (tertiary/aromatic N) is 2. The van der Waals surface area contributed by atoms with E-state index in [1.165, 1.54) is 42.7 Å². The summed E-state index contributed by atoms with van der Waals surface area (Å²) in [6.07, 6.45) is 9.58. The van der Waals surface area contributed by atoms with E-state index in [9.17, 15) is 4.39 Å². The molecule has 6 nitrogen and oxygen atoms in total. The van der Waals surface area contributed by atoms with E-state index in [2.05, 4.69) is 66.6 Å². The molecule has 3 aromatic rings. The second kappa shape index (κ2) is 15.0. The van der Waals surface area contributed by atoms with Crippen LogP contribution in [0.3, 0.4) is 0 Å². The lowest BCUT2D eigenvalue weighted by Crippen LogP contribution is -2.43. The molecule has 232 valence electrons. The van der Waals surface area contributed by atoms with Crippen LogP contribution >= 0.6 is 0 Å². The van der Waals surface area contributed by atoms with Gasteiger partial charge in [-0.05, 0) is 94.0 Å². The number of ether oxygens (including phenoxy) is 2. The second-order valence-electron chi connectivity index (χ2n) is 11.9. The maximum atomic E-state index is 13.3. The van der Waals surface area contributed by atoms with E-state index in [1.54, 1.807) is 19.2 Å². The van der Waals surface area contributed by atoms with E-state index < -0.39 is 0 Å². The Balaban J connectivity index is 0.00000442. The van der Waals surface area contributed by atoms with Crippen molar-refractivity contribution in [1.29, 1.82) is 0 Å². The molecule has 0 radical (unpaired) electrons. The Morgan fingerprint density at radius 1 is 1.02 bits per heavy atom. The fourth-order valence-corrected chi connectivity index (χ4v) is 6.00. The van der Waals surface area contributed by atoms with Gasteiger partial charge in [0.1, 0.15) is 17.7 Å². The normalized spacial score (nSPS) is 18.3. The highest BCUT2D eigenvalue weighted by Crippen LogP contribution is 2.34. The molecule has 1 aromatic heterocycles. The van der Waals surface area contributed by atoms with Gasteiger partial charge in [0.05, 0.1) is 30.7 Å². The van der Waals surface area contributed by atoms with Crippen LogP contribution in [-0.4, -0.2) is 42.3 Å². The molecule has 5 rings (SSSR count). The number of rotatable bonds is 13. The highest BCUT2D eigenvalue weighted by atomic mass is 19.1. The Morgan fingerprint density at radius 2 is 1.81 bits per heavy atom. The zero-order valence-electron chi connectivity index (χ0n) is 26.2. The van der Waals surface area contributed by atoms with Gasteiger partial charge in [0.25, 0.3) is 0 Å². The molecule has 0 bridgehead atoms. The highest BCUT2D eigenvalue weighted by Gasteiger charge is 2.28. The van der Waals surface area contributed by atoms with Crippen molar-refractivity contribution in [3.8, 4) is 17.0 Å². The zero-order valence-corrected chi connectivity index (χ0v) is 26.2. The van der Waals surface area contributed by atoms with Crippen LogP contribution in [0.2, 0.25) is 0 Å². The minimum Gasteiger partial charge on any atom is -0.496 e. The molecule has 0 saturated carbocycles. The molecule has 1 unspecified atom stereocenters. The maximum Gasteiger partial charge on any atom is 0.123 e. The molecule has 2 aliphatic heterocycles. The minimum atomic E-state index is -0.221. The van der Waals surface area contributed by atoms with Crippen molar-refractivity contribution in [2.24, 2.45) is 0 Å². The summed E-state index contributed by atoms with van der Waals surface area (Å²) in [4.78, 5) is 7.81. The minimum absolute atomic E-state index is 0. The van der Waals surface area contributed by atoms with Crippen LogP contribution in [0.4, 0.5) is 4.39 Å². The van der Waals surface area contributed by atoms with Crippen LogP contribution in [0, 0.1) is 5.82 Å². The summed E-state index contributed by atoms with van der Waals surface area (Å²) in [6.45, 7) is 9.97. The number of piperidine rings is 1. The van der Waals surface area contributed by atoms with Crippen molar-refractivity contribution < 1.29 is 15.3 Å². The third-order valence-electron chi connectivity index (χ3n) is 8.63. The van der Waals surface area contributed by atoms with Gasteiger partial charge < -0.3 is 20.1 Å². The quantitative estimate of drug-likeness (QED) is 0.212. The van der Waals surface area contributed by atoms with Crippen molar-refractivity contribution in [3.05, 3.63) is 88.5 Å². The SMILES string of the molecule is CC[C@@H](C)O[C@@H](C)CCC1=Cc2nc(-c3ccc(OC)c(CNCc4ccc(F)cc4)c3)ccc2C(N2CCCCC2)N1.[HH]. The van der Waals surface area contributed by atoms with E-state index in [0.29, 0.717) is 13.1 Å². The lowest BCUT2D eigenvalue weighted by Gasteiger charge is -2.39. The molecular weight excluding hydrogens is 539 g/mol. The van der Waals surface area contributed by atoms with Gasteiger partial charge in [0.15, 0.2) is 0 Å². The number of methoxy groups -OCH3 is 1. The van der Waals surface area contributed by atoms with E-state index in [0.717, 1.165) is 66.2 Å².